The van der Waals surface area contributed by atoms with Crippen molar-refractivity contribution in [3.8, 4) is 0 Å². The quantitative estimate of drug-likeness (QED) is 0.719. The van der Waals surface area contributed by atoms with Gasteiger partial charge < -0.3 is 19.9 Å². The largest absolute Gasteiger partial charge is 0.378 e. The van der Waals surface area contributed by atoms with Crippen LogP contribution in [0.3, 0.4) is 0 Å². The van der Waals surface area contributed by atoms with Crippen molar-refractivity contribution in [3.63, 3.8) is 0 Å². The van der Waals surface area contributed by atoms with Crippen LogP contribution in [-0.2, 0) is 23.1 Å². The van der Waals surface area contributed by atoms with E-state index in [0.29, 0.717) is 25.5 Å². The minimum absolute atomic E-state index is 0.00636. The predicted octanol–water partition coefficient (Wildman–Crippen LogP) is 0.443. The fourth-order valence-corrected chi connectivity index (χ4v) is 4.10. The van der Waals surface area contributed by atoms with E-state index >= 15 is 0 Å². The highest BCUT2D eigenvalue weighted by Gasteiger charge is 2.26. The Morgan fingerprint density at radius 1 is 1.13 bits per heavy atom. The number of piperidine rings is 1. The molecule has 166 valence electrons. The lowest BCUT2D eigenvalue weighted by Crippen LogP contribution is -2.44. The number of hydrogen-bond acceptors (Lipinski definition) is 6. The molecule has 9 nitrogen and oxygen atoms in total. The number of aromatic amines is 1. The number of H-pyrrole nitrogens is 1. The molecule has 1 atom stereocenters. The van der Waals surface area contributed by atoms with Gasteiger partial charge in [0.05, 0.1) is 19.1 Å². The van der Waals surface area contributed by atoms with E-state index in [1.807, 2.05) is 17.0 Å². The molecule has 0 spiro atoms. The summed E-state index contributed by atoms with van der Waals surface area (Å²) in [6, 6.07) is 9.67. The Kier molecular flexibility index (Phi) is 6.41. The van der Waals surface area contributed by atoms with Crippen molar-refractivity contribution >= 4 is 17.4 Å². The van der Waals surface area contributed by atoms with E-state index in [9.17, 15) is 14.4 Å². The summed E-state index contributed by atoms with van der Waals surface area (Å²) in [5, 5.41) is 3.03. The van der Waals surface area contributed by atoms with Crippen LogP contribution < -0.4 is 26.4 Å². The third-order valence-corrected chi connectivity index (χ3v) is 6.04. The van der Waals surface area contributed by atoms with Crippen molar-refractivity contribution in [3.05, 3.63) is 56.7 Å². The first-order valence-corrected chi connectivity index (χ1v) is 10.8. The van der Waals surface area contributed by atoms with Crippen LogP contribution in [0.15, 0.2) is 39.9 Å². The molecule has 1 aromatic heterocycles. The van der Waals surface area contributed by atoms with Crippen LogP contribution in [0.5, 0.6) is 0 Å². The zero-order valence-electron chi connectivity index (χ0n) is 17.8. The molecule has 1 amide bonds. The van der Waals surface area contributed by atoms with Gasteiger partial charge >= 0.3 is 5.69 Å². The zero-order valence-corrected chi connectivity index (χ0v) is 17.8. The third-order valence-electron chi connectivity index (χ3n) is 6.04. The molecule has 0 bridgehead atoms. The van der Waals surface area contributed by atoms with Crippen molar-refractivity contribution < 1.29 is 9.53 Å². The van der Waals surface area contributed by atoms with Crippen LogP contribution in [0, 0.1) is 5.92 Å². The maximum Gasteiger partial charge on any atom is 0.329 e. The van der Waals surface area contributed by atoms with Gasteiger partial charge in [-0.25, -0.2) is 4.79 Å². The molecule has 9 heteroatoms. The first kappa shape index (κ1) is 21.2. The standard InChI is InChI=1S/C22H29N5O4/c1-25-20(28)13-19(24-22(25)30)27-8-2-3-17(15-27)21(29)23-14-16-4-6-18(7-5-16)26-9-11-31-12-10-26/h4-7,13,17H,2-3,8-12,14-15H2,1H3,(H,23,29)(H,24,30). The second-order valence-corrected chi connectivity index (χ2v) is 8.13. The monoisotopic (exact) mass is 427 g/mol. The van der Waals surface area contributed by atoms with E-state index in [4.69, 9.17) is 4.74 Å². The molecule has 0 aliphatic carbocycles. The average Bonchev–Trinajstić information content (AvgIpc) is 2.81. The number of rotatable bonds is 5. The Morgan fingerprint density at radius 3 is 2.58 bits per heavy atom. The number of benzene rings is 1. The molecule has 31 heavy (non-hydrogen) atoms. The molecule has 2 aromatic rings. The Morgan fingerprint density at radius 2 is 1.87 bits per heavy atom. The summed E-state index contributed by atoms with van der Waals surface area (Å²) in [4.78, 5) is 43.5. The topological polar surface area (TPSA) is 99.7 Å². The SMILES string of the molecule is Cn1c(=O)cc(N2CCCC(C(=O)NCc3ccc(N4CCOCC4)cc3)C2)[nH]c1=O. The molecular formula is C22H29N5O4. The van der Waals surface area contributed by atoms with E-state index in [1.165, 1.54) is 18.8 Å². The minimum atomic E-state index is -0.449. The lowest BCUT2D eigenvalue weighted by molar-refractivity contribution is -0.125. The van der Waals surface area contributed by atoms with Gasteiger partial charge in [-0.1, -0.05) is 12.1 Å². The van der Waals surface area contributed by atoms with Gasteiger partial charge in [-0.2, -0.15) is 0 Å². The van der Waals surface area contributed by atoms with Crippen molar-refractivity contribution in [1.82, 2.24) is 14.9 Å². The van der Waals surface area contributed by atoms with Gasteiger partial charge in [0, 0.05) is 51.5 Å². The van der Waals surface area contributed by atoms with Gasteiger partial charge in [0.15, 0.2) is 0 Å². The van der Waals surface area contributed by atoms with Gasteiger partial charge in [0.2, 0.25) is 5.91 Å². The number of amides is 1. The number of ether oxygens (including phenoxy) is 1. The number of carbonyl (C=O) groups excluding carboxylic acids is 1. The van der Waals surface area contributed by atoms with Crippen molar-refractivity contribution in [2.45, 2.75) is 19.4 Å². The molecule has 2 aliphatic heterocycles. The Bertz CT molecular complexity index is 992. The van der Waals surface area contributed by atoms with E-state index in [2.05, 4.69) is 27.3 Å². The molecule has 2 N–H and O–H groups in total. The molecule has 1 aromatic carbocycles. The number of nitrogens with zero attached hydrogens (tertiary/aromatic N) is 3. The normalized spacial score (nSPS) is 19.3. The summed E-state index contributed by atoms with van der Waals surface area (Å²) < 4.78 is 6.42. The molecule has 4 rings (SSSR count). The number of carbonyl (C=O) groups is 1. The fraction of sp³-hybridized carbons (Fsp3) is 0.500. The maximum atomic E-state index is 12.8. The average molecular weight is 428 g/mol. The summed E-state index contributed by atoms with van der Waals surface area (Å²) in [7, 11) is 1.44. The van der Waals surface area contributed by atoms with Gasteiger partial charge in [0.1, 0.15) is 5.82 Å². The molecule has 2 saturated heterocycles. The number of morpholine rings is 1. The predicted molar refractivity (Wildman–Crippen MR) is 119 cm³/mol. The Balaban J connectivity index is 1.33. The fourth-order valence-electron chi connectivity index (χ4n) is 4.10. The Hall–Kier alpha value is -3.07. The zero-order chi connectivity index (χ0) is 21.8. The van der Waals surface area contributed by atoms with Crippen molar-refractivity contribution in [2.24, 2.45) is 13.0 Å². The lowest BCUT2D eigenvalue weighted by atomic mass is 9.97. The summed E-state index contributed by atoms with van der Waals surface area (Å²) in [5.41, 5.74) is 1.42. The second-order valence-electron chi connectivity index (χ2n) is 8.13. The molecule has 3 heterocycles. The maximum absolute atomic E-state index is 12.8. The first-order chi connectivity index (χ1) is 15.0. The number of aromatic nitrogens is 2. The molecule has 2 aliphatic rings. The van der Waals surface area contributed by atoms with E-state index in [1.54, 1.807) is 0 Å². The van der Waals surface area contributed by atoms with Gasteiger partial charge in [0.25, 0.3) is 5.56 Å². The van der Waals surface area contributed by atoms with Gasteiger partial charge in [-0.15, -0.1) is 0 Å². The highest BCUT2D eigenvalue weighted by atomic mass is 16.5. The lowest BCUT2D eigenvalue weighted by Gasteiger charge is -2.33. The highest BCUT2D eigenvalue weighted by Crippen LogP contribution is 2.21. The van der Waals surface area contributed by atoms with E-state index in [-0.39, 0.29) is 17.4 Å². The summed E-state index contributed by atoms with van der Waals surface area (Å²) in [6.45, 7) is 4.95. The van der Waals surface area contributed by atoms with Crippen LogP contribution in [0.4, 0.5) is 11.5 Å². The van der Waals surface area contributed by atoms with Crippen LogP contribution >= 0.6 is 0 Å². The van der Waals surface area contributed by atoms with Gasteiger partial charge in [-0.05, 0) is 30.5 Å². The van der Waals surface area contributed by atoms with Gasteiger partial charge in [-0.3, -0.25) is 19.1 Å². The van der Waals surface area contributed by atoms with Crippen LogP contribution in [0.25, 0.3) is 0 Å². The van der Waals surface area contributed by atoms with Crippen LogP contribution in [0.1, 0.15) is 18.4 Å². The third kappa shape index (κ3) is 4.99. The highest BCUT2D eigenvalue weighted by molar-refractivity contribution is 5.79. The molecule has 0 saturated carbocycles. The second kappa shape index (κ2) is 9.38. The Labute approximate surface area is 180 Å². The van der Waals surface area contributed by atoms with Crippen molar-refractivity contribution in [1.29, 1.82) is 0 Å². The molecule has 0 radical (unpaired) electrons. The van der Waals surface area contributed by atoms with E-state index in [0.717, 1.165) is 49.3 Å². The number of nitrogens with one attached hydrogen (secondary N) is 2. The van der Waals surface area contributed by atoms with Crippen molar-refractivity contribution in [2.75, 3.05) is 49.2 Å². The van der Waals surface area contributed by atoms with E-state index < -0.39 is 5.69 Å². The summed E-state index contributed by atoms with van der Waals surface area (Å²) in [5.74, 6) is 0.284. The molecule has 1 unspecified atom stereocenters. The summed E-state index contributed by atoms with van der Waals surface area (Å²) >= 11 is 0. The van der Waals surface area contributed by atoms with Crippen LogP contribution in [-0.4, -0.2) is 54.9 Å². The molecule has 2 fully saturated rings. The molecular weight excluding hydrogens is 398 g/mol. The minimum Gasteiger partial charge on any atom is -0.378 e. The first-order valence-electron chi connectivity index (χ1n) is 10.8. The smallest absolute Gasteiger partial charge is 0.329 e. The number of anilines is 2. The summed E-state index contributed by atoms with van der Waals surface area (Å²) in [6.07, 6.45) is 1.61. The number of hydrogen-bond donors (Lipinski definition) is 2. The van der Waals surface area contributed by atoms with Crippen LogP contribution in [0.2, 0.25) is 0 Å².